The predicted octanol–water partition coefficient (Wildman–Crippen LogP) is 3.52. The highest BCUT2D eigenvalue weighted by atomic mass is 35.5. The van der Waals surface area contributed by atoms with E-state index >= 15 is 0 Å². The van der Waals surface area contributed by atoms with Crippen LogP contribution in [0, 0.1) is 0 Å². The van der Waals surface area contributed by atoms with Gasteiger partial charge in [-0.3, -0.25) is 9.59 Å². The summed E-state index contributed by atoms with van der Waals surface area (Å²) in [5, 5.41) is 0.437. The van der Waals surface area contributed by atoms with Gasteiger partial charge in [0, 0.05) is 23.1 Å². The van der Waals surface area contributed by atoms with Crippen LogP contribution in [0.3, 0.4) is 0 Å². The number of imide groups is 1. The van der Waals surface area contributed by atoms with Gasteiger partial charge in [-0.2, -0.15) is 0 Å². The summed E-state index contributed by atoms with van der Waals surface area (Å²) in [5.74, 6) is 0.729. The molecule has 6 nitrogen and oxygen atoms in total. The van der Waals surface area contributed by atoms with Crippen molar-refractivity contribution < 1.29 is 23.8 Å². The number of fused-ring (bicyclic) bond motifs is 2. The maximum atomic E-state index is 13.0. The minimum atomic E-state index is -0.452. The quantitative estimate of drug-likeness (QED) is 0.584. The van der Waals surface area contributed by atoms with Crippen molar-refractivity contribution in [2.75, 3.05) is 25.2 Å². The normalized spacial score (nSPS) is 16.9. The van der Waals surface area contributed by atoms with E-state index in [4.69, 9.17) is 25.8 Å². The van der Waals surface area contributed by atoms with Gasteiger partial charge in [0.2, 0.25) is 5.91 Å². The number of hydrogen-bond donors (Lipinski definition) is 0. The molecular weight excluding hydrogens is 370 g/mol. The van der Waals surface area contributed by atoms with Crippen molar-refractivity contribution in [3.05, 3.63) is 52.5 Å². The Labute approximate surface area is 160 Å². The number of ether oxygens (including phenoxy) is 3. The molecule has 0 aromatic heterocycles. The average molecular weight is 386 g/mol. The fourth-order valence-corrected chi connectivity index (χ4v) is 3.48. The van der Waals surface area contributed by atoms with Crippen molar-refractivity contribution in [2.45, 2.75) is 6.92 Å². The molecule has 0 radical (unpaired) electrons. The maximum absolute atomic E-state index is 13.0. The molecule has 0 saturated carbocycles. The monoisotopic (exact) mass is 385 g/mol. The molecule has 2 amide bonds. The average Bonchev–Trinajstić information content (AvgIpc) is 2.94. The number of nitrogens with zero attached hydrogens (tertiary/aromatic N) is 1. The molecule has 2 heterocycles. The van der Waals surface area contributed by atoms with E-state index in [9.17, 15) is 9.59 Å². The molecule has 0 saturated heterocycles. The van der Waals surface area contributed by atoms with Crippen LogP contribution >= 0.6 is 11.6 Å². The van der Waals surface area contributed by atoms with Gasteiger partial charge in [0.05, 0.1) is 18.4 Å². The molecule has 138 valence electrons. The lowest BCUT2D eigenvalue weighted by molar-refractivity contribution is -0.122. The van der Waals surface area contributed by atoms with Crippen molar-refractivity contribution in [3.63, 3.8) is 0 Å². The Morgan fingerprint density at radius 1 is 1.11 bits per heavy atom. The fourth-order valence-electron chi connectivity index (χ4n) is 3.32. The minimum Gasteiger partial charge on any atom is -0.495 e. The van der Waals surface area contributed by atoms with Gasteiger partial charge in [0.1, 0.15) is 19.0 Å². The van der Waals surface area contributed by atoms with E-state index in [1.807, 2.05) is 0 Å². The third kappa shape index (κ3) is 2.82. The van der Waals surface area contributed by atoms with E-state index in [0.717, 1.165) is 4.90 Å². The fraction of sp³-hybridized carbons (Fsp3) is 0.200. The molecule has 7 heteroatoms. The molecular formula is C20H16ClNO5. The second-order valence-corrected chi connectivity index (χ2v) is 6.52. The highest BCUT2D eigenvalue weighted by Crippen LogP contribution is 2.43. The molecule has 27 heavy (non-hydrogen) atoms. The van der Waals surface area contributed by atoms with E-state index in [2.05, 4.69) is 0 Å². The second-order valence-electron chi connectivity index (χ2n) is 6.09. The zero-order valence-corrected chi connectivity index (χ0v) is 15.5. The standard InChI is InChI=1S/C20H16ClNO5/c1-11(23)22-15-10-13(21)4-5-14(15)18(20(22)24)19(25-2)12-3-6-16-17(9-12)27-8-7-26-16/h3-6,9-10H,7-8H2,1-2H3. The molecule has 0 aliphatic carbocycles. The van der Waals surface area contributed by atoms with Crippen molar-refractivity contribution >= 4 is 40.4 Å². The lowest BCUT2D eigenvalue weighted by Gasteiger charge is -2.19. The topological polar surface area (TPSA) is 65.1 Å². The van der Waals surface area contributed by atoms with Crippen molar-refractivity contribution in [1.82, 2.24) is 0 Å². The molecule has 0 N–H and O–H groups in total. The third-order valence-corrected chi connectivity index (χ3v) is 4.67. The Kier molecular flexibility index (Phi) is 4.28. The molecule has 2 aromatic rings. The number of benzene rings is 2. The number of halogens is 1. The van der Waals surface area contributed by atoms with Gasteiger partial charge in [0.15, 0.2) is 11.5 Å². The van der Waals surface area contributed by atoms with Crippen LogP contribution in [-0.2, 0) is 14.3 Å². The number of methoxy groups -OCH3 is 1. The van der Waals surface area contributed by atoms with Crippen molar-refractivity contribution in [3.8, 4) is 11.5 Å². The van der Waals surface area contributed by atoms with Gasteiger partial charge in [0.25, 0.3) is 5.91 Å². The first-order valence-electron chi connectivity index (χ1n) is 8.34. The van der Waals surface area contributed by atoms with E-state index < -0.39 is 11.8 Å². The predicted molar refractivity (Wildman–Crippen MR) is 101 cm³/mol. The molecule has 2 aliphatic rings. The number of rotatable bonds is 2. The van der Waals surface area contributed by atoms with Gasteiger partial charge in [-0.1, -0.05) is 17.7 Å². The molecule has 0 atom stereocenters. The summed E-state index contributed by atoms with van der Waals surface area (Å²) in [6, 6.07) is 10.3. The zero-order chi connectivity index (χ0) is 19.1. The maximum Gasteiger partial charge on any atom is 0.269 e. The van der Waals surface area contributed by atoms with E-state index in [1.165, 1.54) is 14.0 Å². The van der Waals surface area contributed by atoms with Gasteiger partial charge < -0.3 is 14.2 Å². The van der Waals surface area contributed by atoms with E-state index in [-0.39, 0.29) is 0 Å². The lowest BCUT2D eigenvalue weighted by Crippen LogP contribution is -2.31. The van der Waals surface area contributed by atoms with Crippen molar-refractivity contribution in [2.24, 2.45) is 0 Å². The SMILES string of the molecule is COC(=C1C(=O)N(C(C)=O)c2cc(Cl)ccc21)c1ccc2c(c1)OCCO2. The smallest absolute Gasteiger partial charge is 0.269 e. The number of carbonyl (C=O) groups excluding carboxylic acids is 2. The van der Waals surface area contributed by atoms with Crippen LogP contribution in [0.4, 0.5) is 5.69 Å². The zero-order valence-electron chi connectivity index (χ0n) is 14.7. The van der Waals surface area contributed by atoms with E-state index in [0.29, 0.717) is 57.9 Å². The molecule has 0 spiro atoms. The number of amides is 2. The van der Waals surface area contributed by atoms with E-state index in [1.54, 1.807) is 36.4 Å². The highest BCUT2D eigenvalue weighted by Gasteiger charge is 2.38. The molecule has 4 rings (SSSR count). The second kappa shape index (κ2) is 6.63. The first-order chi connectivity index (χ1) is 13.0. The van der Waals surface area contributed by atoms with Crippen LogP contribution in [0.5, 0.6) is 11.5 Å². The Bertz CT molecular complexity index is 998. The van der Waals surface area contributed by atoms with Gasteiger partial charge in [-0.05, 0) is 30.3 Å². The Balaban J connectivity index is 1.92. The van der Waals surface area contributed by atoms with Crippen LogP contribution < -0.4 is 14.4 Å². The van der Waals surface area contributed by atoms with Crippen LogP contribution in [0.25, 0.3) is 11.3 Å². The van der Waals surface area contributed by atoms with Crippen LogP contribution in [0.15, 0.2) is 36.4 Å². The lowest BCUT2D eigenvalue weighted by atomic mass is 10.0. The Hall–Kier alpha value is -2.99. The largest absolute Gasteiger partial charge is 0.495 e. The summed E-state index contributed by atoms with van der Waals surface area (Å²) in [6.07, 6.45) is 0. The number of anilines is 1. The molecule has 0 unspecified atom stereocenters. The Morgan fingerprint density at radius 3 is 2.56 bits per heavy atom. The summed E-state index contributed by atoms with van der Waals surface area (Å²) in [4.78, 5) is 26.2. The first kappa shape index (κ1) is 17.4. The van der Waals surface area contributed by atoms with Gasteiger partial charge in [-0.15, -0.1) is 0 Å². The third-order valence-electron chi connectivity index (χ3n) is 4.44. The molecule has 2 aliphatic heterocycles. The van der Waals surface area contributed by atoms with Crippen LogP contribution in [0.2, 0.25) is 5.02 Å². The minimum absolute atomic E-state index is 0.302. The van der Waals surface area contributed by atoms with Crippen LogP contribution in [-0.4, -0.2) is 32.1 Å². The summed E-state index contributed by atoms with van der Waals surface area (Å²) in [7, 11) is 1.48. The molecule has 0 fully saturated rings. The van der Waals surface area contributed by atoms with Crippen LogP contribution in [0.1, 0.15) is 18.1 Å². The van der Waals surface area contributed by atoms with Crippen molar-refractivity contribution in [1.29, 1.82) is 0 Å². The summed E-state index contributed by atoms with van der Waals surface area (Å²) < 4.78 is 16.8. The molecule has 2 aromatic carbocycles. The highest BCUT2D eigenvalue weighted by molar-refractivity contribution is 6.43. The number of carbonyl (C=O) groups is 2. The summed E-state index contributed by atoms with van der Waals surface area (Å²) >= 11 is 6.07. The molecule has 0 bridgehead atoms. The number of hydrogen-bond acceptors (Lipinski definition) is 5. The Morgan fingerprint density at radius 2 is 1.85 bits per heavy atom. The summed E-state index contributed by atoms with van der Waals surface area (Å²) in [5.41, 5.74) is 1.99. The van der Waals surface area contributed by atoms with Gasteiger partial charge in [-0.25, -0.2) is 4.90 Å². The first-order valence-corrected chi connectivity index (χ1v) is 8.72. The van der Waals surface area contributed by atoms with Gasteiger partial charge >= 0.3 is 0 Å². The summed E-state index contributed by atoms with van der Waals surface area (Å²) in [6.45, 7) is 2.28.